The van der Waals surface area contributed by atoms with Gasteiger partial charge < -0.3 is 19.9 Å². The molecule has 1 N–H and O–H groups in total. The van der Waals surface area contributed by atoms with E-state index in [0.717, 1.165) is 38.0 Å². The summed E-state index contributed by atoms with van der Waals surface area (Å²) in [7, 11) is 0. The highest BCUT2D eigenvalue weighted by molar-refractivity contribution is 5.85. The summed E-state index contributed by atoms with van der Waals surface area (Å²) in [5.74, 6) is 0.152. The fourth-order valence-electron chi connectivity index (χ4n) is 3.36. The second-order valence-electron chi connectivity index (χ2n) is 6.38. The first-order valence-electron chi connectivity index (χ1n) is 8.63. The molecule has 2 saturated heterocycles. The molecule has 1 atom stereocenters. The Labute approximate surface area is 154 Å². The zero-order valence-electron chi connectivity index (χ0n) is 14.4. The summed E-state index contributed by atoms with van der Waals surface area (Å²) in [5.41, 5.74) is 1.06. The van der Waals surface area contributed by atoms with Crippen molar-refractivity contribution in [1.82, 2.24) is 15.1 Å². The summed E-state index contributed by atoms with van der Waals surface area (Å²) in [6.07, 6.45) is 1.91. The molecule has 2 fully saturated rings. The van der Waals surface area contributed by atoms with Crippen LogP contribution in [0, 0.1) is 0 Å². The number of piperidine rings is 1. The van der Waals surface area contributed by atoms with Crippen molar-refractivity contribution >= 4 is 24.2 Å². The third-order valence-electron chi connectivity index (χ3n) is 4.65. The Hall–Kier alpha value is -1.63. The second-order valence-corrected chi connectivity index (χ2v) is 6.38. The molecule has 2 amide bonds. The molecule has 3 rings (SSSR count). The highest BCUT2D eigenvalue weighted by Gasteiger charge is 2.31. The SMILES string of the molecule is Cl.O=C(COCc1ccccc1)N1CCCC(N2CCNCC2=O)C1. The molecule has 0 radical (unpaired) electrons. The van der Waals surface area contributed by atoms with Crippen molar-refractivity contribution in [2.75, 3.05) is 39.3 Å². The smallest absolute Gasteiger partial charge is 0.248 e. The standard InChI is InChI=1S/C18H25N3O3.ClH/c22-17-11-19-8-10-21(17)16-7-4-9-20(12-16)18(23)14-24-13-15-5-2-1-3-6-15;/h1-3,5-6,16,19H,4,7-14H2;1H. The molecule has 0 spiro atoms. The predicted molar refractivity (Wildman–Crippen MR) is 97.5 cm³/mol. The maximum absolute atomic E-state index is 12.4. The fourth-order valence-corrected chi connectivity index (χ4v) is 3.36. The van der Waals surface area contributed by atoms with Gasteiger partial charge in [0, 0.05) is 32.2 Å². The van der Waals surface area contributed by atoms with Crippen LogP contribution in [0.2, 0.25) is 0 Å². The number of halogens is 1. The number of hydrogen-bond donors (Lipinski definition) is 1. The van der Waals surface area contributed by atoms with Crippen LogP contribution in [-0.2, 0) is 20.9 Å². The molecule has 2 aliphatic rings. The number of carbonyl (C=O) groups excluding carboxylic acids is 2. The Morgan fingerprint density at radius 2 is 2.04 bits per heavy atom. The van der Waals surface area contributed by atoms with Gasteiger partial charge in [-0.15, -0.1) is 12.4 Å². The molecule has 0 saturated carbocycles. The number of hydrogen-bond acceptors (Lipinski definition) is 4. The molecule has 1 aromatic rings. The maximum atomic E-state index is 12.4. The third kappa shape index (κ3) is 5.42. The number of piperazine rings is 1. The first kappa shape index (κ1) is 19.7. The molecule has 0 aromatic heterocycles. The lowest BCUT2D eigenvalue weighted by molar-refractivity contribution is -0.143. The number of ether oxygens (including phenoxy) is 1. The van der Waals surface area contributed by atoms with Gasteiger partial charge in [0.25, 0.3) is 0 Å². The number of nitrogens with one attached hydrogen (secondary N) is 1. The van der Waals surface area contributed by atoms with Crippen LogP contribution >= 0.6 is 12.4 Å². The summed E-state index contributed by atoms with van der Waals surface area (Å²) in [6, 6.07) is 9.99. The van der Waals surface area contributed by atoms with Gasteiger partial charge in [0.05, 0.1) is 13.2 Å². The molecule has 1 unspecified atom stereocenters. The lowest BCUT2D eigenvalue weighted by atomic mass is 10.0. The largest absolute Gasteiger partial charge is 0.367 e. The minimum atomic E-state index is 0. The average molecular weight is 368 g/mol. The van der Waals surface area contributed by atoms with Crippen LogP contribution in [0.4, 0.5) is 0 Å². The van der Waals surface area contributed by atoms with Crippen molar-refractivity contribution in [3.63, 3.8) is 0 Å². The van der Waals surface area contributed by atoms with Gasteiger partial charge in [-0.3, -0.25) is 9.59 Å². The minimum absolute atomic E-state index is 0. The lowest BCUT2D eigenvalue weighted by Gasteiger charge is -2.41. The van der Waals surface area contributed by atoms with Crippen LogP contribution in [0.1, 0.15) is 18.4 Å². The molecule has 25 heavy (non-hydrogen) atoms. The minimum Gasteiger partial charge on any atom is -0.367 e. The van der Waals surface area contributed by atoms with Crippen molar-refractivity contribution in [1.29, 1.82) is 0 Å². The van der Waals surface area contributed by atoms with E-state index in [9.17, 15) is 9.59 Å². The highest BCUT2D eigenvalue weighted by atomic mass is 35.5. The third-order valence-corrected chi connectivity index (χ3v) is 4.65. The van der Waals surface area contributed by atoms with Crippen molar-refractivity contribution in [3.05, 3.63) is 35.9 Å². The summed E-state index contributed by atoms with van der Waals surface area (Å²) < 4.78 is 5.55. The number of nitrogens with zero attached hydrogens (tertiary/aromatic N) is 2. The number of amides is 2. The van der Waals surface area contributed by atoms with Crippen molar-refractivity contribution in [2.24, 2.45) is 0 Å². The number of rotatable bonds is 5. The summed E-state index contributed by atoms with van der Waals surface area (Å²) >= 11 is 0. The summed E-state index contributed by atoms with van der Waals surface area (Å²) in [5, 5.41) is 3.09. The summed E-state index contributed by atoms with van der Waals surface area (Å²) in [4.78, 5) is 28.2. The van der Waals surface area contributed by atoms with Crippen LogP contribution in [0.5, 0.6) is 0 Å². The van der Waals surface area contributed by atoms with Gasteiger partial charge in [-0.1, -0.05) is 30.3 Å². The number of benzene rings is 1. The van der Waals surface area contributed by atoms with Crippen molar-refractivity contribution < 1.29 is 14.3 Å². The van der Waals surface area contributed by atoms with Gasteiger partial charge in [-0.2, -0.15) is 0 Å². The van der Waals surface area contributed by atoms with Crippen molar-refractivity contribution in [2.45, 2.75) is 25.5 Å². The van der Waals surface area contributed by atoms with Crippen molar-refractivity contribution in [3.8, 4) is 0 Å². The van der Waals surface area contributed by atoms with E-state index in [0.29, 0.717) is 19.7 Å². The van der Waals surface area contributed by atoms with Gasteiger partial charge in [-0.25, -0.2) is 0 Å². The van der Waals surface area contributed by atoms with E-state index in [-0.39, 0.29) is 36.9 Å². The van der Waals surface area contributed by atoms with Crippen LogP contribution in [0.3, 0.4) is 0 Å². The molecular weight excluding hydrogens is 342 g/mol. The Morgan fingerprint density at radius 3 is 2.80 bits per heavy atom. The molecule has 6 nitrogen and oxygen atoms in total. The van der Waals surface area contributed by atoms with Gasteiger partial charge in [0.1, 0.15) is 6.61 Å². The molecular formula is C18H26ClN3O3. The van der Waals surface area contributed by atoms with E-state index in [1.54, 1.807) is 0 Å². The normalized spacial score (nSPS) is 21.0. The molecule has 0 bridgehead atoms. The zero-order valence-corrected chi connectivity index (χ0v) is 15.2. The molecule has 138 valence electrons. The number of carbonyl (C=O) groups is 2. The van der Waals surface area contributed by atoms with Gasteiger partial charge in [0.15, 0.2) is 0 Å². The lowest BCUT2D eigenvalue weighted by Crippen LogP contribution is -2.57. The molecule has 7 heteroatoms. The van der Waals surface area contributed by atoms with E-state index in [1.807, 2.05) is 40.1 Å². The van der Waals surface area contributed by atoms with E-state index >= 15 is 0 Å². The Balaban J connectivity index is 0.00000225. The fraction of sp³-hybridized carbons (Fsp3) is 0.556. The monoisotopic (exact) mass is 367 g/mol. The zero-order chi connectivity index (χ0) is 16.8. The molecule has 0 aliphatic carbocycles. The van der Waals surface area contributed by atoms with E-state index in [4.69, 9.17) is 4.74 Å². The summed E-state index contributed by atoms with van der Waals surface area (Å²) in [6.45, 7) is 3.89. The van der Waals surface area contributed by atoms with Crippen LogP contribution in [0.25, 0.3) is 0 Å². The Morgan fingerprint density at radius 1 is 1.24 bits per heavy atom. The second kappa shape index (κ2) is 9.75. The average Bonchev–Trinajstić information content (AvgIpc) is 2.63. The van der Waals surface area contributed by atoms with Crippen LogP contribution in [-0.4, -0.2) is 67.0 Å². The van der Waals surface area contributed by atoms with E-state index < -0.39 is 0 Å². The molecule has 2 heterocycles. The Kier molecular flexibility index (Phi) is 7.68. The predicted octanol–water partition coefficient (Wildman–Crippen LogP) is 1.05. The first-order chi connectivity index (χ1) is 11.7. The quantitative estimate of drug-likeness (QED) is 0.845. The Bertz CT molecular complexity index is 570. The topological polar surface area (TPSA) is 61.9 Å². The number of likely N-dealkylation sites (tertiary alicyclic amines) is 1. The van der Waals surface area contributed by atoms with E-state index in [1.165, 1.54) is 0 Å². The molecule has 1 aromatic carbocycles. The van der Waals surface area contributed by atoms with E-state index in [2.05, 4.69) is 5.32 Å². The van der Waals surface area contributed by atoms with Gasteiger partial charge >= 0.3 is 0 Å². The maximum Gasteiger partial charge on any atom is 0.248 e. The van der Waals surface area contributed by atoms with Gasteiger partial charge in [-0.05, 0) is 18.4 Å². The van der Waals surface area contributed by atoms with Gasteiger partial charge in [0.2, 0.25) is 11.8 Å². The first-order valence-corrected chi connectivity index (χ1v) is 8.63. The van der Waals surface area contributed by atoms with Crippen LogP contribution < -0.4 is 5.32 Å². The van der Waals surface area contributed by atoms with Crippen LogP contribution in [0.15, 0.2) is 30.3 Å². The molecule has 2 aliphatic heterocycles. The highest BCUT2D eigenvalue weighted by Crippen LogP contribution is 2.17.